The van der Waals surface area contributed by atoms with Crippen molar-refractivity contribution in [2.75, 3.05) is 6.54 Å². The highest BCUT2D eigenvalue weighted by atomic mass is 35.5. The summed E-state index contributed by atoms with van der Waals surface area (Å²) in [5.41, 5.74) is 1.99. The van der Waals surface area contributed by atoms with E-state index >= 15 is 0 Å². The first-order chi connectivity index (χ1) is 5.90. The fourth-order valence-electron chi connectivity index (χ4n) is 1.40. The van der Waals surface area contributed by atoms with Crippen LogP contribution in [0.4, 0.5) is 0 Å². The molecule has 0 spiro atoms. The van der Waals surface area contributed by atoms with Gasteiger partial charge >= 0.3 is 0 Å². The van der Waals surface area contributed by atoms with E-state index in [4.69, 9.17) is 5.26 Å². The number of nitriles is 1. The van der Waals surface area contributed by atoms with E-state index in [1.165, 1.54) is 12.0 Å². The molecule has 0 aromatic heterocycles. The summed E-state index contributed by atoms with van der Waals surface area (Å²) < 4.78 is 0. The third-order valence-corrected chi connectivity index (χ3v) is 2.24. The summed E-state index contributed by atoms with van der Waals surface area (Å²) in [5, 5.41) is 12.0. The van der Waals surface area contributed by atoms with Gasteiger partial charge in [-0.15, -0.1) is 12.4 Å². The zero-order chi connectivity index (χ0) is 8.39. The third kappa shape index (κ3) is 2.00. The largest absolute Gasteiger partial charge is 0.310 e. The molecule has 1 aromatic rings. The molecule has 1 aromatic carbocycles. The van der Waals surface area contributed by atoms with Crippen LogP contribution in [0.1, 0.15) is 23.6 Å². The van der Waals surface area contributed by atoms with E-state index in [0.29, 0.717) is 6.04 Å². The van der Waals surface area contributed by atoms with Crippen molar-refractivity contribution >= 4 is 12.4 Å². The molecule has 3 heteroatoms. The summed E-state index contributed by atoms with van der Waals surface area (Å²) in [6.07, 6.45) is 1.19. The molecule has 0 unspecified atom stereocenters. The van der Waals surface area contributed by atoms with Crippen LogP contribution in [0.25, 0.3) is 0 Å². The lowest BCUT2D eigenvalue weighted by Gasteiger charge is -2.27. The Balaban J connectivity index is 0.000000845. The zero-order valence-corrected chi connectivity index (χ0v) is 7.97. The topological polar surface area (TPSA) is 35.8 Å². The maximum Gasteiger partial charge on any atom is 0.0991 e. The molecule has 1 heterocycles. The summed E-state index contributed by atoms with van der Waals surface area (Å²) >= 11 is 0. The molecular weight excluding hydrogens is 184 g/mol. The minimum absolute atomic E-state index is 0. The Labute approximate surface area is 84.0 Å². The van der Waals surface area contributed by atoms with Gasteiger partial charge in [-0.3, -0.25) is 0 Å². The van der Waals surface area contributed by atoms with Crippen LogP contribution in [-0.4, -0.2) is 6.54 Å². The third-order valence-electron chi connectivity index (χ3n) is 2.24. The average molecular weight is 195 g/mol. The van der Waals surface area contributed by atoms with Crippen molar-refractivity contribution in [3.05, 3.63) is 35.4 Å². The molecule has 13 heavy (non-hydrogen) atoms. The number of hydrogen-bond acceptors (Lipinski definition) is 2. The van der Waals surface area contributed by atoms with Crippen LogP contribution in [0.2, 0.25) is 0 Å². The summed E-state index contributed by atoms with van der Waals surface area (Å²) in [6, 6.07) is 10.4. The monoisotopic (exact) mass is 194 g/mol. The van der Waals surface area contributed by atoms with Crippen LogP contribution < -0.4 is 5.32 Å². The Morgan fingerprint density at radius 1 is 1.46 bits per heavy atom. The maximum atomic E-state index is 8.66. The van der Waals surface area contributed by atoms with Gasteiger partial charge < -0.3 is 5.32 Å². The molecule has 2 nitrogen and oxygen atoms in total. The van der Waals surface area contributed by atoms with Crippen molar-refractivity contribution < 1.29 is 0 Å². The second-order valence-corrected chi connectivity index (χ2v) is 3.03. The van der Waals surface area contributed by atoms with Crippen molar-refractivity contribution in [1.82, 2.24) is 5.32 Å². The van der Waals surface area contributed by atoms with Gasteiger partial charge in [-0.25, -0.2) is 0 Å². The summed E-state index contributed by atoms with van der Waals surface area (Å²) in [5.74, 6) is 0. The molecule has 0 aliphatic carbocycles. The molecule has 0 amide bonds. The molecule has 68 valence electrons. The highest BCUT2D eigenvalue weighted by Crippen LogP contribution is 2.22. The predicted molar refractivity (Wildman–Crippen MR) is 53.8 cm³/mol. The minimum Gasteiger partial charge on any atom is -0.310 e. The van der Waals surface area contributed by atoms with Crippen LogP contribution in [0.15, 0.2) is 24.3 Å². The van der Waals surface area contributed by atoms with E-state index in [-0.39, 0.29) is 12.4 Å². The van der Waals surface area contributed by atoms with Gasteiger partial charge in [0.1, 0.15) is 0 Å². The van der Waals surface area contributed by atoms with Gasteiger partial charge in [0.15, 0.2) is 0 Å². The predicted octanol–water partition coefficient (Wildman–Crippen LogP) is 2.01. The Kier molecular flexibility index (Phi) is 3.30. The van der Waals surface area contributed by atoms with Gasteiger partial charge in [-0.05, 0) is 30.7 Å². The quantitative estimate of drug-likeness (QED) is 0.743. The molecule has 1 fully saturated rings. The van der Waals surface area contributed by atoms with Crippen LogP contribution in [-0.2, 0) is 0 Å². The van der Waals surface area contributed by atoms with Gasteiger partial charge in [0.2, 0.25) is 0 Å². The number of rotatable bonds is 1. The van der Waals surface area contributed by atoms with Crippen molar-refractivity contribution in [1.29, 1.82) is 5.26 Å². The molecule has 1 N–H and O–H groups in total. The van der Waals surface area contributed by atoms with Gasteiger partial charge in [-0.2, -0.15) is 5.26 Å². The first-order valence-corrected chi connectivity index (χ1v) is 4.13. The molecular formula is C10H11ClN2. The summed E-state index contributed by atoms with van der Waals surface area (Å²) in [6.45, 7) is 1.10. The number of benzene rings is 1. The van der Waals surface area contributed by atoms with E-state index in [9.17, 15) is 0 Å². The van der Waals surface area contributed by atoms with E-state index in [2.05, 4.69) is 17.5 Å². The van der Waals surface area contributed by atoms with E-state index < -0.39 is 0 Å². The summed E-state index contributed by atoms with van der Waals surface area (Å²) in [4.78, 5) is 0. The minimum atomic E-state index is 0. The second-order valence-electron chi connectivity index (χ2n) is 3.03. The van der Waals surface area contributed by atoms with Crippen LogP contribution in [0, 0.1) is 11.3 Å². The zero-order valence-electron chi connectivity index (χ0n) is 7.16. The van der Waals surface area contributed by atoms with E-state index in [1.807, 2.05) is 18.2 Å². The Morgan fingerprint density at radius 2 is 2.23 bits per heavy atom. The number of hydrogen-bond donors (Lipinski definition) is 1. The molecule has 1 aliphatic heterocycles. The average Bonchev–Trinajstić information content (AvgIpc) is 2.02. The normalized spacial score (nSPS) is 19.5. The fraction of sp³-hybridized carbons (Fsp3) is 0.300. The van der Waals surface area contributed by atoms with Gasteiger partial charge in [0, 0.05) is 6.04 Å². The first-order valence-electron chi connectivity index (χ1n) is 4.13. The Hall–Kier alpha value is -1.04. The highest BCUT2D eigenvalue weighted by Gasteiger charge is 2.17. The lowest BCUT2D eigenvalue weighted by molar-refractivity contribution is 0.383. The molecule has 0 saturated carbocycles. The number of nitrogens with one attached hydrogen (secondary N) is 1. The van der Waals surface area contributed by atoms with Gasteiger partial charge in [-0.1, -0.05) is 12.1 Å². The standard InChI is InChI=1S/C10H10N2.ClH/c11-7-8-2-1-3-9(6-8)10-4-5-12-10;/h1-3,6,10,12H,4-5H2;1H/t10-;/m0./s1. The molecule has 0 bridgehead atoms. The molecule has 1 atom stereocenters. The van der Waals surface area contributed by atoms with Crippen LogP contribution in [0.5, 0.6) is 0 Å². The number of nitrogens with zero attached hydrogens (tertiary/aromatic N) is 1. The van der Waals surface area contributed by atoms with Crippen molar-refractivity contribution in [3.8, 4) is 6.07 Å². The maximum absolute atomic E-state index is 8.66. The lowest BCUT2D eigenvalue weighted by atomic mass is 9.97. The lowest BCUT2D eigenvalue weighted by Crippen LogP contribution is -2.34. The fourth-order valence-corrected chi connectivity index (χ4v) is 1.40. The van der Waals surface area contributed by atoms with Gasteiger partial charge in [0.05, 0.1) is 11.6 Å². The SMILES string of the molecule is Cl.N#Cc1cccc([C@@H]2CCN2)c1. The molecule has 1 saturated heterocycles. The smallest absolute Gasteiger partial charge is 0.0991 e. The Morgan fingerprint density at radius 3 is 2.77 bits per heavy atom. The van der Waals surface area contributed by atoms with Crippen molar-refractivity contribution in [2.45, 2.75) is 12.5 Å². The second kappa shape index (κ2) is 4.27. The number of halogens is 1. The first kappa shape index (κ1) is 10.0. The van der Waals surface area contributed by atoms with Gasteiger partial charge in [0.25, 0.3) is 0 Å². The highest BCUT2D eigenvalue weighted by molar-refractivity contribution is 5.85. The molecule has 2 rings (SSSR count). The molecule has 1 aliphatic rings. The van der Waals surface area contributed by atoms with Crippen LogP contribution in [0.3, 0.4) is 0 Å². The van der Waals surface area contributed by atoms with E-state index in [1.54, 1.807) is 0 Å². The summed E-state index contributed by atoms with van der Waals surface area (Å²) in [7, 11) is 0. The van der Waals surface area contributed by atoms with Crippen molar-refractivity contribution in [2.24, 2.45) is 0 Å². The van der Waals surface area contributed by atoms with E-state index in [0.717, 1.165) is 12.1 Å². The van der Waals surface area contributed by atoms with Crippen molar-refractivity contribution in [3.63, 3.8) is 0 Å². The Bertz CT molecular complexity index is 326. The van der Waals surface area contributed by atoms with Crippen LogP contribution >= 0.6 is 12.4 Å². The molecule has 0 radical (unpaired) electrons.